The lowest BCUT2D eigenvalue weighted by Gasteiger charge is -2.40. The second-order valence-corrected chi connectivity index (χ2v) is 6.53. The Morgan fingerprint density at radius 1 is 1.21 bits per heavy atom. The second-order valence-electron chi connectivity index (χ2n) is 5.16. The van der Waals surface area contributed by atoms with Crippen LogP contribution in [0.1, 0.15) is 13.8 Å². The molecule has 0 radical (unpaired) electrons. The molecule has 11 heteroatoms. The van der Waals surface area contributed by atoms with Crippen molar-refractivity contribution in [3.63, 3.8) is 0 Å². The van der Waals surface area contributed by atoms with Crippen molar-refractivity contribution in [3.8, 4) is 0 Å². The van der Waals surface area contributed by atoms with Crippen LogP contribution in [0.3, 0.4) is 0 Å². The van der Waals surface area contributed by atoms with Gasteiger partial charge in [0.15, 0.2) is 15.1 Å². The molecule has 0 N–H and O–H groups in total. The van der Waals surface area contributed by atoms with Crippen molar-refractivity contribution in [3.05, 3.63) is 29.2 Å². The van der Waals surface area contributed by atoms with Gasteiger partial charge in [0.2, 0.25) is 5.39 Å². The predicted molar refractivity (Wildman–Crippen MR) is 79.2 cm³/mol. The molecule has 0 aliphatic carbocycles. The number of morpholine rings is 1. The Balaban J connectivity index is 0.000000307. The Labute approximate surface area is 137 Å². The van der Waals surface area contributed by atoms with Crippen molar-refractivity contribution in [2.75, 3.05) is 18.1 Å². The molecule has 134 valence electrons. The lowest BCUT2D eigenvalue weighted by molar-refractivity contribution is -0.0517. The van der Waals surface area contributed by atoms with Crippen LogP contribution in [0.4, 0.5) is 24.5 Å². The largest absolute Gasteiger partial charge is 0.741 e. The average Bonchev–Trinajstić information content (AvgIpc) is 2.46. The van der Waals surface area contributed by atoms with Crippen LogP contribution in [-0.4, -0.2) is 43.8 Å². The van der Waals surface area contributed by atoms with Gasteiger partial charge in [-0.1, -0.05) is 0 Å². The molecule has 0 saturated carbocycles. The van der Waals surface area contributed by atoms with Gasteiger partial charge in [-0.2, -0.15) is 13.2 Å². The molecule has 1 saturated heterocycles. The van der Waals surface area contributed by atoms with Gasteiger partial charge in [-0.3, -0.25) is 0 Å². The van der Waals surface area contributed by atoms with Crippen molar-refractivity contribution < 1.29 is 30.9 Å². The molecule has 2 rings (SSSR count). The summed E-state index contributed by atoms with van der Waals surface area (Å²) in [5.74, 6) is 0. The first-order valence-electron chi connectivity index (χ1n) is 6.80. The Kier molecular flexibility index (Phi) is 6.53. The van der Waals surface area contributed by atoms with Crippen molar-refractivity contribution in [1.82, 2.24) is 0 Å². The quantitative estimate of drug-likeness (QED) is 0.430. The third-order valence-corrected chi connectivity index (χ3v) is 3.78. The van der Waals surface area contributed by atoms with E-state index in [1.165, 1.54) is 0 Å². The highest BCUT2D eigenvalue weighted by atomic mass is 32.2. The number of ether oxygens (including phenoxy) is 1. The van der Waals surface area contributed by atoms with Gasteiger partial charge >= 0.3 is 11.2 Å². The molecule has 0 amide bonds. The van der Waals surface area contributed by atoms with Gasteiger partial charge in [-0.15, -0.1) is 0 Å². The maximum absolute atomic E-state index is 10.7. The molecular formula is C13H16F3N3O4S. The van der Waals surface area contributed by atoms with Crippen molar-refractivity contribution in [2.45, 2.75) is 31.4 Å². The van der Waals surface area contributed by atoms with Crippen LogP contribution >= 0.6 is 0 Å². The first-order valence-corrected chi connectivity index (χ1v) is 8.21. The van der Waals surface area contributed by atoms with E-state index >= 15 is 0 Å². The molecule has 0 spiro atoms. The number of nitrogens with zero attached hydrogens (tertiary/aromatic N) is 3. The Morgan fingerprint density at radius 3 is 1.96 bits per heavy atom. The Morgan fingerprint density at radius 2 is 1.62 bits per heavy atom. The minimum Gasteiger partial charge on any atom is -0.741 e. The fourth-order valence-corrected chi connectivity index (χ4v) is 2.20. The first-order chi connectivity index (χ1) is 11.0. The van der Waals surface area contributed by atoms with Gasteiger partial charge in [0.05, 0.1) is 13.2 Å². The lowest BCUT2D eigenvalue weighted by atomic mass is 10.1. The second kappa shape index (κ2) is 7.78. The zero-order valence-corrected chi connectivity index (χ0v) is 13.7. The molecule has 1 aliphatic rings. The number of alkyl halides is 3. The third-order valence-electron chi connectivity index (χ3n) is 3.21. The normalized spacial score (nSPS) is 21.5. The molecule has 2 atom stereocenters. The summed E-state index contributed by atoms with van der Waals surface area (Å²) in [5.41, 5.74) is -3.92. The van der Waals surface area contributed by atoms with E-state index in [-0.39, 0.29) is 0 Å². The molecule has 24 heavy (non-hydrogen) atoms. The molecular weight excluding hydrogens is 351 g/mol. The van der Waals surface area contributed by atoms with Gasteiger partial charge in [0.1, 0.15) is 0 Å². The van der Waals surface area contributed by atoms with Crippen molar-refractivity contribution >= 4 is 21.5 Å². The van der Waals surface area contributed by atoms with E-state index in [4.69, 9.17) is 23.1 Å². The van der Waals surface area contributed by atoms with Crippen LogP contribution < -0.4 is 4.90 Å². The van der Waals surface area contributed by atoms with Crippen LogP contribution in [-0.2, 0) is 14.9 Å². The van der Waals surface area contributed by atoms with Crippen LogP contribution in [0.15, 0.2) is 24.3 Å². The van der Waals surface area contributed by atoms with Crippen molar-refractivity contribution in [1.29, 1.82) is 5.39 Å². The Hall–Kier alpha value is -1.90. The number of hydrogen-bond donors (Lipinski definition) is 0. The number of rotatable bonds is 1. The van der Waals surface area contributed by atoms with E-state index in [9.17, 15) is 13.2 Å². The van der Waals surface area contributed by atoms with Crippen LogP contribution in [0.25, 0.3) is 4.98 Å². The molecule has 0 aromatic heterocycles. The highest BCUT2D eigenvalue weighted by molar-refractivity contribution is 7.86. The minimum atomic E-state index is -6.09. The SMILES string of the molecule is CC1COCC(C)N1c1ccc([N+]#N)cc1.O=S(=O)([O-])C(F)(F)F. The first kappa shape index (κ1) is 20.1. The van der Waals surface area contributed by atoms with Gasteiger partial charge in [-0.05, 0) is 26.0 Å². The van der Waals surface area contributed by atoms with Gasteiger partial charge in [0, 0.05) is 29.9 Å². The van der Waals surface area contributed by atoms with E-state index in [0.717, 1.165) is 18.9 Å². The molecule has 1 heterocycles. The van der Waals surface area contributed by atoms with E-state index < -0.39 is 15.6 Å². The fraction of sp³-hybridized carbons (Fsp3) is 0.538. The smallest absolute Gasteiger partial charge is 0.485 e. The summed E-state index contributed by atoms with van der Waals surface area (Å²) in [4.78, 5) is 5.49. The summed E-state index contributed by atoms with van der Waals surface area (Å²) in [6, 6.07) is 8.33. The summed E-state index contributed by atoms with van der Waals surface area (Å²) in [5, 5.41) is 8.63. The van der Waals surface area contributed by atoms with E-state index in [0.29, 0.717) is 17.8 Å². The summed E-state index contributed by atoms with van der Waals surface area (Å²) in [6.45, 7) is 5.83. The molecule has 0 bridgehead atoms. The highest BCUT2D eigenvalue weighted by Gasteiger charge is 2.36. The number of anilines is 1. The lowest BCUT2D eigenvalue weighted by Crippen LogP contribution is -2.49. The predicted octanol–water partition coefficient (Wildman–Crippen LogP) is 2.84. The molecule has 2 unspecified atom stereocenters. The number of diazo groups is 1. The summed E-state index contributed by atoms with van der Waals surface area (Å²) in [7, 11) is -6.09. The Bertz CT molecular complexity index is 676. The average molecular weight is 367 g/mol. The molecule has 1 aromatic rings. The van der Waals surface area contributed by atoms with Crippen molar-refractivity contribution in [2.24, 2.45) is 0 Å². The molecule has 1 aromatic carbocycles. The maximum atomic E-state index is 10.7. The number of benzene rings is 1. The van der Waals surface area contributed by atoms with Crippen LogP contribution in [0, 0.1) is 5.39 Å². The van der Waals surface area contributed by atoms with E-state index in [2.05, 4.69) is 23.7 Å². The monoisotopic (exact) mass is 367 g/mol. The number of halogens is 3. The molecule has 1 aliphatic heterocycles. The van der Waals surface area contributed by atoms with Gasteiger partial charge < -0.3 is 14.2 Å². The molecule has 7 nitrogen and oxygen atoms in total. The summed E-state index contributed by atoms with van der Waals surface area (Å²) >= 11 is 0. The van der Waals surface area contributed by atoms with E-state index in [1.54, 1.807) is 0 Å². The maximum Gasteiger partial charge on any atom is 0.485 e. The zero-order chi connectivity index (χ0) is 18.5. The zero-order valence-electron chi connectivity index (χ0n) is 12.9. The van der Waals surface area contributed by atoms with Crippen LogP contribution in [0.2, 0.25) is 0 Å². The van der Waals surface area contributed by atoms with Gasteiger partial charge in [-0.25, -0.2) is 8.42 Å². The van der Waals surface area contributed by atoms with Gasteiger partial charge in [0.25, 0.3) is 0 Å². The molecule has 1 fully saturated rings. The van der Waals surface area contributed by atoms with Crippen LogP contribution in [0.5, 0.6) is 0 Å². The topological polar surface area (TPSA) is 97.8 Å². The standard InChI is InChI=1S/C12H16N3O.CHF3O3S/c1-9-7-16-8-10(2)15(9)12-5-3-11(14-13)4-6-12;2-1(3,4)8(5,6)7/h3-6,9-10H,7-8H2,1-2H3;(H,5,6,7)/q+1;/p-1. The summed E-state index contributed by atoms with van der Waals surface area (Å²) < 4.78 is 64.4. The minimum absolute atomic E-state index is 0.376. The highest BCUT2D eigenvalue weighted by Crippen LogP contribution is 2.25. The summed E-state index contributed by atoms with van der Waals surface area (Å²) in [6.07, 6.45) is 0. The van der Waals surface area contributed by atoms with E-state index in [1.807, 2.05) is 24.3 Å². The number of hydrogen-bond acceptors (Lipinski definition) is 6. The third kappa shape index (κ3) is 5.33. The fourth-order valence-electron chi connectivity index (χ4n) is 2.20.